The van der Waals surface area contributed by atoms with E-state index in [2.05, 4.69) is 43.9 Å². The molecule has 0 unspecified atom stereocenters. The van der Waals surface area contributed by atoms with Crippen molar-refractivity contribution in [1.29, 1.82) is 0 Å². The first-order valence-corrected chi connectivity index (χ1v) is 7.90. The summed E-state index contributed by atoms with van der Waals surface area (Å²) in [5.41, 5.74) is 4.01. The van der Waals surface area contributed by atoms with Crippen molar-refractivity contribution in [2.45, 2.75) is 20.8 Å². The third-order valence-corrected chi connectivity index (χ3v) is 4.08. The SMILES string of the molecule is CCN(CC)CC=C(C)c1ccc(-c2ccccc2F)cc1. The summed E-state index contributed by atoms with van der Waals surface area (Å²) < 4.78 is 13.8. The Kier molecular flexibility index (Phi) is 5.91. The third kappa shape index (κ3) is 4.05. The van der Waals surface area contributed by atoms with E-state index >= 15 is 0 Å². The molecule has 0 amide bonds. The molecule has 0 heterocycles. The highest BCUT2D eigenvalue weighted by atomic mass is 19.1. The van der Waals surface area contributed by atoms with Crippen molar-refractivity contribution < 1.29 is 4.39 Å². The van der Waals surface area contributed by atoms with E-state index in [1.165, 1.54) is 17.2 Å². The Balaban J connectivity index is 2.15. The van der Waals surface area contributed by atoms with Crippen molar-refractivity contribution in [3.63, 3.8) is 0 Å². The van der Waals surface area contributed by atoms with E-state index < -0.39 is 0 Å². The van der Waals surface area contributed by atoms with Gasteiger partial charge >= 0.3 is 0 Å². The molecule has 0 bridgehead atoms. The lowest BCUT2D eigenvalue weighted by Crippen LogP contribution is -2.22. The van der Waals surface area contributed by atoms with E-state index in [0.29, 0.717) is 5.56 Å². The molecular formula is C20H24FN. The molecule has 2 aromatic carbocycles. The molecule has 0 saturated heterocycles. The molecule has 0 spiro atoms. The third-order valence-electron chi connectivity index (χ3n) is 4.08. The quantitative estimate of drug-likeness (QED) is 0.705. The lowest BCUT2D eigenvalue weighted by Gasteiger charge is -2.16. The van der Waals surface area contributed by atoms with Crippen molar-refractivity contribution in [3.8, 4) is 11.1 Å². The van der Waals surface area contributed by atoms with E-state index in [4.69, 9.17) is 0 Å². The van der Waals surface area contributed by atoms with Crippen LogP contribution in [0.25, 0.3) is 16.7 Å². The van der Waals surface area contributed by atoms with Crippen LogP contribution in [0.2, 0.25) is 0 Å². The van der Waals surface area contributed by atoms with E-state index in [0.717, 1.165) is 25.2 Å². The molecule has 0 aromatic heterocycles. The number of allylic oxidation sites excluding steroid dienone is 1. The number of likely N-dealkylation sites (N-methyl/N-ethyl adjacent to an activating group) is 1. The highest BCUT2D eigenvalue weighted by Gasteiger charge is 2.04. The van der Waals surface area contributed by atoms with Crippen LogP contribution in [0.15, 0.2) is 54.6 Å². The molecule has 22 heavy (non-hydrogen) atoms. The standard InChI is InChI=1S/C20H24FN/c1-4-22(5-2)15-14-16(3)17-10-12-18(13-11-17)19-8-6-7-9-20(19)21/h6-14H,4-5,15H2,1-3H3. The van der Waals surface area contributed by atoms with Crippen LogP contribution in [-0.2, 0) is 0 Å². The minimum Gasteiger partial charge on any atom is -0.300 e. The van der Waals surface area contributed by atoms with Gasteiger partial charge in [0.1, 0.15) is 5.82 Å². The Morgan fingerprint density at radius 3 is 2.23 bits per heavy atom. The van der Waals surface area contributed by atoms with Crippen LogP contribution in [0, 0.1) is 5.82 Å². The summed E-state index contributed by atoms with van der Waals surface area (Å²) >= 11 is 0. The Morgan fingerprint density at radius 1 is 1.00 bits per heavy atom. The van der Waals surface area contributed by atoms with Crippen LogP contribution in [0.4, 0.5) is 4.39 Å². The summed E-state index contributed by atoms with van der Waals surface area (Å²) in [6, 6.07) is 15.0. The van der Waals surface area contributed by atoms with Crippen molar-refractivity contribution in [1.82, 2.24) is 4.90 Å². The summed E-state index contributed by atoms with van der Waals surface area (Å²) in [5, 5.41) is 0. The number of nitrogens with zero attached hydrogens (tertiary/aromatic N) is 1. The molecule has 0 atom stereocenters. The molecule has 0 fully saturated rings. The van der Waals surface area contributed by atoms with E-state index in [-0.39, 0.29) is 5.82 Å². The summed E-state index contributed by atoms with van der Waals surface area (Å²) in [6.45, 7) is 9.57. The van der Waals surface area contributed by atoms with Crippen LogP contribution in [0.1, 0.15) is 26.3 Å². The van der Waals surface area contributed by atoms with E-state index in [9.17, 15) is 4.39 Å². The highest BCUT2D eigenvalue weighted by molar-refractivity contribution is 5.69. The van der Waals surface area contributed by atoms with Gasteiger partial charge < -0.3 is 4.90 Å². The molecule has 0 aliphatic carbocycles. The number of hydrogen-bond acceptors (Lipinski definition) is 1. The minimum atomic E-state index is -0.177. The van der Waals surface area contributed by atoms with Gasteiger partial charge in [0.25, 0.3) is 0 Å². The molecule has 116 valence electrons. The average molecular weight is 297 g/mol. The number of benzene rings is 2. The van der Waals surface area contributed by atoms with Crippen molar-refractivity contribution in [3.05, 3.63) is 66.0 Å². The predicted molar refractivity (Wildman–Crippen MR) is 93.3 cm³/mol. The van der Waals surface area contributed by atoms with Gasteiger partial charge in [0, 0.05) is 12.1 Å². The van der Waals surface area contributed by atoms with Gasteiger partial charge in [0.2, 0.25) is 0 Å². The second kappa shape index (κ2) is 7.90. The first-order valence-electron chi connectivity index (χ1n) is 7.90. The van der Waals surface area contributed by atoms with Crippen LogP contribution >= 0.6 is 0 Å². The van der Waals surface area contributed by atoms with Gasteiger partial charge in [-0.3, -0.25) is 0 Å². The van der Waals surface area contributed by atoms with Crippen LogP contribution in [-0.4, -0.2) is 24.5 Å². The summed E-state index contributed by atoms with van der Waals surface area (Å²) in [6.07, 6.45) is 2.26. The number of rotatable bonds is 6. The molecule has 0 radical (unpaired) electrons. The van der Waals surface area contributed by atoms with Crippen molar-refractivity contribution in [2.24, 2.45) is 0 Å². The highest BCUT2D eigenvalue weighted by Crippen LogP contribution is 2.24. The molecule has 1 nitrogen and oxygen atoms in total. The molecule has 0 aliphatic heterocycles. The fraction of sp³-hybridized carbons (Fsp3) is 0.300. The summed E-state index contributed by atoms with van der Waals surface area (Å²) in [4.78, 5) is 2.37. The zero-order valence-electron chi connectivity index (χ0n) is 13.6. The fourth-order valence-electron chi connectivity index (χ4n) is 2.47. The molecular weight excluding hydrogens is 273 g/mol. The minimum absolute atomic E-state index is 0.177. The number of halogens is 1. The average Bonchev–Trinajstić information content (AvgIpc) is 2.56. The van der Waals surface area contributed by atoms with Crippen LogP contribution in [0.3, 0.4) is 0 Å². The Bertz CT molecular complexity index is 624. The summed E-state index contributed by atoms with van der Waals surface area (Å²) in [5.74, 6) is -0.177. The lowest BCUT2D eigenvalue weighted by molar-refractivity contribution is 0.337. The van der Waals surface area contributed by atoms with Gasteiger partial charge in [0.15, 0.2) is 0 Å². The monoisotopic (exact) mass is 297 g/mol. The molecule has 2 aromatic rings. The van der Waals surface area contributed by atoms with Gasteiger partial charge in [-0.2, -0.15) is 0 Å². The smallest absolute Gasteiger partial charge is 0.131 e. The topological polar surface area (TPSA) is 3.24 Å². The Labute approximate surface area is 133 Å². The Morgan fingerprint density at radius 2 is 1.64 bits per heavy atom. The Hall–Kier alpha value is -1.93. The van der Waals surface area contributed by atoms with Gasteiger partial charge in [-0.05, 0) is 42.8 Å². The zero-order chi connectivity index (χ0) is 15.9. The second-order valence-corrected chi connectivity index (χ2v) is 5.43. The van der Waals surface area contributed by atoms with Gasteiger partial charge in [-0.25, -0.2) is 4.39 Å². The molecule has 2 heteroatoms. The van der Waals surface area contributed by atoms with Crippen molar-refractivity contribution >= 4 is 5.57 Å². The predicted octanol–water partition coefficient (Wildman–Crippen LogP) is 5.24. The second-order valence-electron chi connectivity index (χ2n) is 5.43. The fourth-order valence-corrected chi connectivity index (χ4v) is 2.47. The first-order chi connectivity index (χ1) is 10.7. The molecule has 0 saturated carbocycles. The summed E-state index contributed by atoms with van der Waals surface area (Å²) in [7, 11) is 0. The molecule has 0 aliphatic rings. The van der Waals surface area contributed by atoms with Gasteiger partial charge in [-0.1, -0.05) is 62.4 Å². The molecule has 2 rings (SSSR count). The maximum Gasteiger partial charge on any atom is 0.131 e. The van der Waals surface area contributed by atoms with Gasteiger partial charge in [0.05, 0.1) is 0 Å². The van der Waals surface area contributed by atoms with Crippen LogP contribution in [0.5, 0.6) is 0 Å². The largest absolute Gasteiger partial charge is 0.300 e. The molecule has 0 N–H and O–H groups in total. The van der Waals surface area contributed by atoms with Crippen LogP contribution < -0.4 is 0 Å². The van der Waals surface area contributed by atoms with E-state index in [1.54, 1.807) is 6.07 Å². The maximum atomic E-state index is 13.8. The first kappa shape index (κ1) is 16.4. The zero-order valence-corrected chi connectivity index (χ0v) is 13.6. The number of hydrogen-bond donors (Lipinski definition) is 0. The van der Waals surface area contributed by atoms with E-state index in [1.807, 2.05) is 24.3 Å². The van der Waals surface area contributed by atoms with Gasteiger partial charge in [-0.15, -0.1) is 0 Å². The maximum absolute atomic E-state index is 13.8. The lowest BCUT2D eigenvalue weighted by atomic mass is 10.0. The van der Waals surface area contributed by atoms with Crippen molar-refractivity contribution in [2.75, 3.05) is 19.6 Å². The normalized spacial score (nSPS) is 12.0.